The molecule has 0 unspecified atom stereocenters. The van der Waals surface area contributed by atoms with Crippen LogP contribution >= 0.6 is 0 Å². The van der Waals surface area contributed by atoms with Crippen LogP contribution in [0.5, 0.6) is 0 Å². The molecule has 0 aromatic carbocycles. The molecule has 18 heavy (non-hydrogen) atoms. The molecule has 2 rings (SSSR count). The number of anilines is 1. The molecule has 0 saturated carbocycles. The summed E-state index contributed by atoms with van der Waals surface area (Å²) in [5.41, 5.74) is 1.29. The number of pyridine rings is 1. The van der Waals surface area contributed by atoms with Crippen molar-refractivity contribution in [1.82, 2.24) is 9.88 Å². The van der Waals surface area contributed by atoms with Crippen LogP contribution in [0.15, 0.2) is 18.3 Å². The van der Waals surface area contributed by atoms with Gasteiger partial charge in [-0.2, -0.15) is 0 Å². The molecule has 0 radical (unpaired) electrons. The van der Waals surface area contributed by atoms with Gasteiger partial charge in [0.2, 0.25) is 0 Å². The van der Waals surface area contributed by atoms with Gasteiger partial charge in [-0.3, -0.25) is 4.90 Å². The lowest BCUT2D eigenvalue weighted by atomic mass is 10.1. The van der Waals surface area contributed by atoms with Gasteiger partial charge in [0.15, 0.2) is 0 Å². The van der Waals surface area contributed by atoms with Gasteiger partial charge < -0.3 is 10.1 Å². The zero-order valence-corrected chi connectivity index (χ0v) is 11.4. The van der Waals surface area contributed by atoms with Crippen LogP contribution in [0.4, 0.5) is 5.82 Å². The second kappa shape index (κ2) is 6.71. The topological polar surface area (TPSA) is 37.4 Å². The highest BCUT2D eigenvalue weighted by Gasteiger charge is 2.09. The third kappa shape index (κ3) is 3.96. The molecule has 1 aromatic heterocycles. The second-order valence-corrected chi connectivity index (χ2v) is 5.01. The molecule has 1 saturated heterocycles. The maximum atomic E-state index is 5.33. The molecule has 1 aliphatic rings. The van der Waals surface area contributed by atoms with E-state index < -0.39 is 0 Å². The predicted molar refractivity (Wildman–Crippen MR) is 74.1 cm³/mol. The van der Waals surface area contributed by atoms with Crippen molar-refractivity contribution >= 4 is 5.82 Å². The lowest BCUT2D eigenvalue weighted by Crippen LogP contribution is -2.39. The molecular weight excluding hydrogens is 226 g/mol. The lowest BCUT2D eigenvalue weighted by molar-refractivity contribution is 0.0398. The number of nitrogens with zero attached hydrogens (tertiary/aromatic N) is 2. The highest BCUT2D eigenvalue weighted by molar-refractivity contribution is 5.36. The van der Waals surface area contributed by atoms with E-state index >= 15 is 0 Å². The molecule has 1 fully saturated rings. The molecule has 100 valence electrons. The van der Waals surface area contributed by atoms with Gasteiger partial charge >= 0.3 is 0 Å². The standard InChI is InChI=1S/C14H23N3O/c1-12(2)13-3-4-14(16-11-13)15-5-6-17-7-9-18-10-8-17/h3-4,11-12H,5-10H2,1-2H3,(H,15,16). The zero-order valence-electron chi connectivity index (χ0n) is 11.4. The SMILES string of the molecule is CC(C)c1ccc(NCCN2CCOCC2)nc1. The minimum Gasteiger partial charge on any atom is -0.379 e. The Balaban J connectivity index is 1.72. The van der Waals surface area contributed by atoms with E-state index in [2.05, 4.69) is 41.2 Å². The van der Waals surface area contributed by atoms with Gasteiger partial charge in [-0.15, -0.1) is 0 Å². The van der Waals surface area contributed by atoms with Crippen LogP contribution in [-0.2, 0) is 4.74 Å². The number of hydrogen-bond acceptors (Lipinski definition) is 4. The van der Waals surface area contributed by atoms with Crippen molar-refractivity contribution in [3.8, 4) is 0 Å². The molecule has 0 atom stereocenters. The summed E-state index contributed by atoms with van der Waals surface area (Å²) < 4.78 is 5.33. The molecule has 0 bridgehead atoms. The van der Waals surface area contributed by atoms with Crippen molar-refractivity contribution in [2.24, 2.45) is 0 Å². The van der Waals surface area contributed by atoms with Gasteiger partial charge in [0, 0.05) is 32.4 Å². The third-order valence-corrected chi connectivity index (χ3v) is 3.29. The van der Waals surface area contributed by atoms with Crippen molar-refractivity contribution in [3.63, 3.8) is 0 Å². The van der Waals surface area contributed by atoms with E-state index in [1.807, 2.05) is 6.20 Å². The zero-order chi connectivity index (χ0) is 12.8. The average Bonchev–Trinajstić information content (AvgIpc) is 2.40. The van der Waals surface area contributed by atoms with Gasteiger partial charge in [-0.1, -0.05) is 19.9 Å². The van der Waals surface area contributed by atoms with Gasteiger partial charge in [-0.05, 0) is 17.5 Å². The number of aromatic nitrogens is 1. The largest absolute Gasteiger partial charge is 0.379 e. The first kappa shape index (κ1) is 13.3. The first-order valence-corrected chi connectivity index (χ1v) is 6.75. The van der Waals surface area contributed by atoms with Gasteiger partial charge in [-0.25, -0.2) is 4.98 Å². The Morgan fingerprint density at radius 1 is 1.33 bits per heavy atom. The van der Waals surface area contributed by atoms with Crippen LogP contribution in [-0.4, -0.2) is 49.3 Å². The summed E-state index contributed by atoms with van der Waals surface area (Å²) in [5.74, 6) is 1.51. The highest BCUT2D eigenvalue weighted by Crippen LogP contribution is 2.14. The number of ether oxygens (including phenoxy) is 1. The van der Waals surface area contributed by atoms with E-state index in [0.29, 0.717) is 5.92 Å². The Hall–Kier alpha value is -1.13. The minimum absolute atomic E-state index is 0.542. The fourth-order valence-corrected chi connectivity index (χ4v) is 2.02. The third-order valence-electron chi connectivity index (χ3n) is 3.29. The fourth-order valence-electron chi connectivity index (χ4n) is 2.02. The second-order valence-electron chi connectivity index (χ2n) is 5.01. The highest BCUT2D eigenvalue weighted by atomic mass is 16.5. The van der Waals surface area contributed by atoms with Crippen LogP contribution < -0.4 is 5.32 Å². The number of nitrogens with one attached hydrogen (secondary N) is 1. The van der Waals surface area contributed by atoms with E-state index in [1.54, 1.807) is 0 Å². The van der Waals surface area contributed by atoms with Gasteiger partial charge in [0.1, 0.15) is 5.82 Å². The number of hydrogen-bond donors (Lipinski definition) is 1. The molecular formula is C14H23N3O. The summed E-state index contributed by atoms with van der Waals surface area (Å²) in [4.78, 5) is 6.84. The van der Waals surface area contributed by atoms with Crippen LogP contribution in [0, 0.1) is 0 Å². The van der Waals surface area contributed by atoms with Crippen molar-refractivity contribution < 1.29 is 4.74 Å². The van der Waals surface area contributed by atoms with E-state index in [9.17, 15) is 0 Å². The van der Waals surface area contributed by atoms with Crippen LogP contribution in [0.3, 0.4) is 0 Å². The molecule has 1 aliphatic heterocycles. The predicted octanol–water partition coefficient (Wildman–Crippen LogP) is 1.95. The van der Waals surface area contributed by atoms with Crippen LogP contribution in [0.2, 0.25) is 0 Å². The molecule has 0 spiro atoms. The Morgan fingerprint density at radius 3 is 2.72 bits per heavy atom. The van der Waals surface area contributed by atoms with Crippen molar-refractivity contribution in [3.05, 3.63) is 23.9 Å². The Bertz CT molecular complexity index is 345. The van der Waals surface area contributed by atoms with E-state index in [1.165, 1.54) is 5.56 Å². The Morgan fingerprint density at radius 2 is 2.11 bits per heavy atom. The molecule has 1 N–H and O–H groups in total. The molecule has 0 amide bonds. The molecule has 2 heterocycles. The van der Waals surface area contributed by atoms with Gasteiger partial charge in [0.05, 0.1) is 13.2 Å². The molecule has 0 aliphatic carbocycles. The smallest absolute Gasteiger partial charge is 0.125 e. The minimum atomic E-state index is 0.542. The van der Waals surface area contributed by atoms with E-state index in [4.69, 9.17) is 4.74 Å². The van der Waals surface area contributed by atoms with E-state index in [0.717, 1.165) is 45.2 Å². The van der Waals surface area contributed by atoms with Crippen LogP contribution in [0.1, 0.15) is 25.3 Å². The van der Waals surface area contributed by atoms with Gasteiger partial charge in [0.25, 0.3) is 0 Å². The van der Waals surface area contributed by atoms with Crippen molar-refractivity contribution in [1.29, 1.82) is 0 Å². The Kier molecular flexibility index (Phi) is 4.96. The summed E-state index contributed by atoms with van der Waals surface area (Å²) in [7, 11) is 0. The maximum Gasteiger partial charge on any atom is 0.125 e. The molecule has 4 nitrogen and oxygen atoms in total. The summed E-state index contributed by atoms with van der Waals surface area (Å²) in [6.07, 6.45) is 1.96. The number of morpholine rings is 1. The van der Waals surface area contributed by atoms with Crippen molar-refractivity contribution in [2.75, 3.05) is 44.7 Å². The summed E-state index contributed by atoms with van der Waals surface area (Å²) in [5, 5.41) is 3.36. The summed E-state index contributed by atoms with van der Waals surface area (Å²) in [6, 6.07) is 4.21. The van der Waals surface area contributed by atoms with Crippen LogP contribution in [0.25, 0.3) is 0 Å². The Labute approximate surface area is 109 Å². The molecule has 1 aromatic rings. The van der Waals surface area contributed by atoms with E-state index in [-0.39, 0.29) is 0 Å². The fraction of sp³-hybridized carbons (Fsp3) is 0.643. The first-order chi connectivity index (χ1) is 8.75. The first-order valence-electron chi connectivity index (χ1n) is 6.75. The summed E-state index contributed by atoms with van der Waals surface area (Å²) in [6.45, 7) is 10.2. The normalized spacial score (nSPS) is 17.1. The quantitative estimate of drug-likeness (QED) is 0.865. The molecule has 4 heteroatoms. The van der Waals surface area contributed by atoms with Crippen molar-refractivity contribution in [2.45, 2.75) is 19.8 Å². The number of rotatable bonds is 5. The monoisotopic (exact) mass is 249 g/mol. The maximum absolute atomic E-state index is 5.33. The average molecular weight is 249 g/mol. The summed E-state index contributed by atoms with van der Waals surface area (Å²) >= 11 is 0. The lowest BCUT2D eigenvalue weighted by Gasteiger charge is -2.26.